The minimum absolute atomic E-state index is 0.107. The number of likely N-dealkylation sites (tertiary alicyclic amines) is 1. The maximum Gasteiger partial charge on any atom is 0.243 e. The molecule has 1 aliphatic rings. The van der Waals surface area contributed by atoms with Crippen LogP contribution < -0.4 is 5.43 Å². The van der Waals surface area contributed by atoms with Gasteiger partial charge < -0.3 is 0 Å². The van der Waals surface area contributed by atoms with Crippen LogP contribution in [0.4, 0.5) is 8.78 Å². The van der Waals surface area contributed by atoms with Crippen molar-refractivity contribution in [2.75, 3.05) is 13.1 Å². The second kappa shape index (κ2) is 9.26. The normalized spacial score (nSPS) is 16.2. The lowest BCUT2D eigenvalue weighted by Gasteiger charge is -2.31. The lowest BCUT2D eigenvalue weighted by atomic mass is 9.96. The summed E-state index contributed by atoms with van der Waals surface area (Å²) >= 11 is 6.09. The van der Waals surface area contributed by atoms with Gasteiger partial charge in [0.05, 0.1) is 5.71 Å². The maximum atomic E-state index is 13.2. The molecule has 0 saturated carbocycles. The van der Waals surface area contributed by atoms with Gasteiger partial charge in [-0.2, -0.15) is 5.10 Å². The second-order valence-corrected chi connectivity index (χ2v) is 7.37. The summed E-state index contributed by atoms with van der Waals surface area (Å²) in [6.45, 7) is 3.91. The van der Waals surface area contributed by atoms with Gasteiger partial charge in [0.2, 0.25) is 5.91 Å². The summed E-state index contributed by atoms with van der Waals surface area (Å²) in [6, 6.07) is 10.4. The Morgan fingerprint density at radius 2 is 1.79 bits per heavy atom. The van der Waals surface area contributed by atoms with E-state index in [9.17, 15) is 13.6 Å². The fourth-order valence-electron chi connectivity index (χ4n) is 3.23. The van der Waals surface area contributed by atoms with E-state index < -0.39 is 0 Å². The van der Waals surface area contributed by atoms with Crippen LogP contribution in [0.25, 0.3) is 0 Å². The first-order valence-corrected chi connectivity index (χ1v) is 9.56. The van der Waals surface area contributed by atoms with E-state index in [1.165, 1.54) is 24.3 Å². The molecule has 0 radical (unpaired) electrons. The number of halogens is 3. The van der Waals surface area contributed by atoms with Crippen molar-refractivity contribution in [3.8, 4) is 0 Å². The highest BCUT2D eigenvalue weighted by Gasteiger charge is 2.25. The molecule has 4 nitrogen and oxygen atoms in total. The molecule has 1 fully saturated rings. The fourth-order valence-corrected chi connectivity index (χ4v) is 3.46. The van der Waals surface area contributed by atoms with Crippen LogP contribution in [0.15, 0.2) is 47.6 Å². The number of amides is 1. The van der Waals surface area contributed by atoms with Crippen LogP contribution in [0.5, 0.6) is 0 Å². The van der Waals surface area contributed by atoms with Gasteiger partial charge in [-0.1, -0.05) is 29.8 Å². The Labute approximate surface area is 168 Å². The molecule has 1 aliphatic heterocycles. The average molecular weight is 406 g/mol. The summed E-state index contributed by atoms with van der Waals surface area (Å²) in [5.41, 5.74) is 4.88. The Hall–Kier alpha value is -2.31. The molecule has 0 aliphatic carbocycles. The topological polar surface area (TPSA) is 44.7 Å². The summed E-state index contributed by atoms with van der Waals surface area (Å²) in [5, 5.41) is 4.56. The van der Waals surface area contributed by atoms with E-state index in [0.29, 0.717) is 17.3 Å². The highest BCUT2D eigenvalue weighted by molar-refractivity contribution is 6.31. The number of hydrogen-bond acceptors (Lipinski definition) is 3. The molecule has 1 heterocycles. The Morgan fingerprint density at radius 1 is 1.14 bits per heavy atom. The van der Waals surface area contributed by atoms with Crippen LogP contribution in [0, 0.1) is 17.6 Å². The predicted molar refractivity (Wildman–Crippen MR) is 106 cm³/mol. The minimum atomic E-state index is -0.347. The quantitative estimate of drug-likeness (QED) is 0.593. The SMILES string of the molecule is C/C(=N\NC(=O)C1CCN(Cc2ccc(F)cc2Cl)CC1)c1ccc(F)cc1. The number of nitrogens with zero attached hydrogens (tertiary/aromatic N) is 2. The summed E-state index contributed by atoms with van der Waals surface area (Å²) in [4.78, 5) is 14.6. The van der Waals surface area contributed by atoms with E-state index in [-0.39, 0.29) is 23.5 Å². The van der Waals surface area contributed by atoms with Crippen LogP contribution in [-0.2, 0) is 11.3 Å². The first-order valence-electron chi connectivity index (χ1n) is 9.19. The number of piperidine rings is 1. The van der Waals surface area contributed by atoms with Gasteiger partial charge in [-0.3, -0.25) is 9.69 Å². The van der Waals surface area contributed by atoms with Crippen LogP contribution in [0.2, 0.25) is 5.02 Å². The van der Waals surface area contributed by atoms with Crippen molar-refractivity contribution in [2.24, 2.45) is 11.0 Å². The van der Waals surface area contributed by atoms with Gasteiger partial charge in [0.15, 0.2) is 0 Å². The third-order valence-corrected chi connectivity index (χ3v) is 5.32. The number of hydrogen-bond donors (Lipinski definition) is 1. The van der Waals surface area contributed by atoms with E-state index >= 15 is 0 Å². The lowest BCUT2D eigenvalue weighted by Crippen LogP contribution is -2.39. The molecule has 0 unspecified atom stereocenters. The van der Waals surface area contributed by atoms with Crippen molar-refractivity contribution in [2.45, 2.75) is 26.3 Å². The molecule has 0 atom stereocenters. The van der Waals surface area contributed by atoms with Crippen LogP contribution >= 0.6 is 11.6 Å². The molecule has 0 aromatic heterocycles. The van der Waals surface area contributed by atoms with Crippen LogP contribution in [0.3, 0.4) is 0 Å². The molecule has 148 valence electrons. The van der Waals surface area contributed by atoms with E-state index in [0.717, 1.165) is 37.1 Å². The molecule has 0 spiro atoms. The Morgan fingerprint density at radius 3 is 2.43 bits per heavy atom. The molecule has 2 aromatic rings. The molecule has 7 heteroatoms. The minimum Gasteiger partial charge on any atom is -0.299 e. The zero-order valence-corrected chi connectivity index (χ0v) is 16.3. The molecule has 3 rings (SSSR count). The highest BCUT2D eigenvalue weighted by Crippen LogP contribution is 2.23. The number of rotatable bonds is 5. The summed E-state index contributed by atoms with van der Waals surface area (Å²) in [6.07, 6.45) is 1.44. The third kappa shape index (κ3) is 5.36. The van der Waals surface area contributed by atoms with Crippen molar-refractivity contribution in [3.05, 3.63) is 70.2 Å². The standard InChI is InChI=1S/C21H22ClF2N3O/c1-14(15-2-5-18(23)6-3-15)25-26-21(28)16-8-10-27(11-9-16)13-17-4-7-19(24)12-20(17)22/h2-7,12,16H,8-11,13H2,1H3,(H,26,28)/b25-14+. The Bertz CT molecular complexity index is 862. The van der Waals surface area contributed by atoms with Crippen LogP contribution in [-0.4, -0.2) is 29.6 Å². The monoisotopic (exact) mass is 405 g/mol. The number of hydrazone groups is 1. The molecule has 2 aromatic carbocycles. The molecule has 1 N–H and O–H groups in total. The molecule has 28 heavy (non-hydrogen) atoms. The molecule has 1 saturated heterocycles. The van der Waals surface area contributed by atoms with Crippen LogP contribution in [0.1, 0.15) is 30.9 Å². The van der Waals surface area contributed by atoms with Gasteiger partial charge >= 0.3 is 0 Å². The highest BCUT2D eigenvalue weighted by atomic mass is 35.5. The molecule has 0 bridgehead atoms. The van der Waals surface area contributed by atoms with E-state index in [1.807, 2.05) is 0 Å². The second-order valence-electron chi connectivity index (χ2n) is 6.97. The van der Waals surface area contributed by atoms with Gasteiger partial charge in [-0.15, -0.1) is 0 Å². The van der Waals surface area contributed by atoms with Crippen molar-refractivity contribution in [1.29, 1.82) is 0 Å². The zero-order valence-electron chi connectivity index (χ0n) is 15.6. The molecular weight excluding hydrogens is 384 g/mol. The lowest BCUT2D eigenvalue weighted by molar-refractivity contribution is -0.126. The van der Waals surface area contributed by atoms with E-state index in [4.69, 9.17) is 11.6 Å². The molecular formula is C21H22ClF2N3O. The fraction of sp³-hybridized carbons (Fsp3) is 0.333. The van der Waals surface area contributed by atoms with Gasteiger partial charge in [-0.05, 0) is 68.2 Å². The first-order chi connectivity index (χ1) is 13.4. The predicted octanol–water partition coefficient (Wildman–Crippen LogP) is 4.37. The van der Waals surface area contributed by atoms with Crippen molar-refractivity contribution >= 4 is 23.2 Å². The van der Waals surface area contributed by atoms with Crippen molar-refractivity contribution in [1.82, 2.24) is 10.3 Å². The van der Waals surface area contributed by atoms with Gasteiger partial charge in [0, 0.05) is 17.5 Å². The summed E-state index contributed by atoms with van der Waals surface area (Å²) in [7, 11) is 0. The maximum absolute atomic E-state index is 13.2. The zero-order chi connectivity index (χ0) is 20.1. The smallest absolute Gasteiger partial charge is 0.243 e. The molecule has 1 amide bonds. The van der Waals surface area contributed by atoms with Crippen molar-refractivity contribution in [3.63, 3.8) is 0 Å². The van der Waals surface area contributed by atoms with Gasteiger partial charge in [0.1, 0.15) is 11.6 Å². The number of benzene rings is 2. The number of carbonyl (C=O) groups excluding carboxylic acids is 1. The number of nitrogens with one attached hydrogen (secondary N) is 1. The Kier molecular flexibility index (Phi) is 6.75. The van der Waals surface area contributed by atoms with E-state index in [2.05, 4.69) is 15.4 Å². The van der Waals surface area contributed by atoms with Gasteiger partial charge in [-0.25, -0.2) is 14.2 Å². The van der Waals surface area contributed by atoms with E-state index in [1.54, 1.807) is 25.1 Å². The third-order valence-electron chi connectivity index (χ3n) is 4.96. The average Bonchev–Trinajstić information content (AvgIpc) is 2.69. The summed E-state index contributed by atoms with van der Waals surface area (Å²) < 4.78 is 26.1. The van der Waals surface area contributed by atoms with Crippen molar-refractivity contribution < 1.29 is 13.6 Å². The Balaban J connectivity index is 1.49. The largest absolute Gasteiger partial charge is 0.299 e. The van der Waals surface area contributed by atoms with Gasteiger partial charge in [0.25, 0.3) is 0 Å². The first kappa shape index (κ1) is 20.4. The number of carbonyl (C=O) groups is 1. The summed E-state index contributed by atoms with van der Waals surface area (Å²) in [5.74, 6) is -0.875.